The summed E-state index contributed by atoms with van der Waals surface area (Å²) in [6.45, 7) is 9.40. The maximum absolute atomic E-state index is 5.99. The Morgan fingerprint density at radius 2 is 1.89 bits per heavy atom. The van der Waals surface area contributed by atoms with Gasteiger partial charge >= 0.3 is 0 Å². The Hall–Kier alpha value is -1.02. The van der Waals surface area contributed by atoms with E-state index in [1.807, 2.05) is 0 Å². The van der Waals surface area contributed by atoms with Crippen molar-refractivity contribution in [2.75, 3.05) is 19.7 Å². The molecule has 1 aliphatic rings. The van der Waals surface area contributed by atoms with E-state index in [0.29, 0.717) is 0 Å². The van der Waals surface area contributed by atoms with E-state index >= 15 is 0 Å². The van der Waals surface area contributed by atoms with Gasteiger partial charge in [-0.05, 0) is 55.5 Å². The third kappa shape index (κ3) is 4.24. The van der Waals surface area contributed by atoms with Gasteiger partial charge in [0.2, 0.25) is 0 Å². The average molecular weight is 261 g/mol. The van der Waals surface area contributed by atoms with Gasteiger partial charge < -0.3 is 10.1 Å². The predicted molar refractivity (Wildman–Crippen MR) is 80.9 cm³/mol. The molecule has 0 saturated carbocycles. The second-order valence-corrected chi connectivity index (χ2v) is 6.37. The first-order valence-corrected chi connectivity index (χ1v) is 7.56. The van der Waals surface area contributed by atoms with Crippen molar-refractivity contribution in [3.63, 3.8) is 0 Å². The standard InChI is InChI=1S/C17H27NO/c1-4-18-12-17(2,3)13-19-16-10-9-14-7-5-6-8-15(14)11-16/h9-11,18H,4-8,12-13H2,1-3H3. The maximum atomic E-state index is 5.99. The Kier molecular flexibility index (Phi) is 4.87. The van der Waals surface area contributed by atoms with E-state index in [0.717, 1.165) is 25.4 Å². The van der Waals surface area contributed by atoms with Crippen LogP contribution in [-0.2, 0) is 12.8 Å². The van der Waals surface area contributed by atoms with Gasteiger partial charge in [-0.2, -0.15) is 0 Å². The SMILES string of the molecule is CCNCC(C)(C)COc1ccc2c(c1)CCCC2. The lowest BCUT2D eigenvalue weighted by atomic mass is 9.91. The summed E-state index contributed by atoms with van der Waals surface area (Å²) in [5, 5.41) is 3.39. The topological polar surface area (TPSA) is 21.3 Å². The summed E-state index contributed by atoms with van der Waals surface area (Å²) in [6.07, 6.45) is 5.11. The Bertz CT molecular complexity index is 412. The molecule has 19 heavy (non-hydrogen) atoms. The van der Waals surface area contributed by atoms with Gasteiger partial charge in [-0.15, -0.1) is 0 Å². The second kappa shape index (κ2) is 6.42. The lowest BCUT2D eigenvalue weighted by Crippen LogP contribution is -2.34. The van der Waals surface area contributed by atoms with Crippen molar-refractivity contribution < 1.29 is 4.74 Å². The van der Waals surface area contributed by atoms with Gasteiger partial charge in [-0.1, -0.05) is 26.8 Å². The molecule has 0 atom stereocenters. The lowest BCUT2D eigenvalue weighted by Gasteiger charge is -2.25. The quantitative estimate of drug-likeness (QED) is 0.845. The molecule has 0 heterocycles. The lowest BCUT2D eigenvalue weighted by molar-refractivity contribution is 0.177. The van der Waals surface area contributed by atoms with E-state index in [1.165, 1.54) is 36.8 Å². The first-order chi connectivity index (χ1) is 9.11. The van der Waals surface area contributed by atoms with Gasteiger partial charge in [0, 0.05) is 12.0 Å². The van der Waals surface area contributed by atoms with Gasteiger partial charge in [0.05, 0.1) is 6.61 Å². The molecule has 1 aromatic rings. The Morgan fingerprint density at radius 3 is 2.63 bits per heavy atom. The number of nitrogens with one attached hydrogen (secondary N) is 1. The molecule has 0 unspecified atom stereocenters. The smallest absolute Gasteiger partial charge is 0.119 e. The normalized spacial score (nSPS) is 15.1. The highest BCUT2D eigenvalue weighted by atomic mass is 16.5. The van der Waals surface area contributed by atoms with Gasteiger partial charge in [-0.3, -0.25) is 0 Å². The fourth-order valence-electron chi connectivity index (χ4n) is 2.59. The van der Waals surface area contributed by atoms with Gasteiger partial charge in [0.15, 0.2) is 0 Å². The molecule has 0 spiro atoms. The molecule has 2 rings (SSSR count). The largest absolute Gasteiger partial charge is 0.493 e. The zero-order valence-electron chi connectivity index (χ0n) is 12.6. The Balaban J connectivity index is 1.92. The first-order valence-electron chi connectivity index (χ1n) is 7.56. The molecule has 0 radical (unpaired) electrons. The summed E-state index contributed by atoms with van der Waals surface area (Å²) in [7, 11) is 0. The number of ether oxygens (including phenoxy) is 1. The number of hydrogen-bond acceptors (Lipinski definition) is 2. The van der Waals surface area contributed by atoms with Crippen LogP contribution >= 0.6 is 0 Å². The molecule has 106 valence electrons. The molecular formula is C17H27NO. The molecule has 2 heteroatoms. The van der Waals surface area contributed by atoms with Crippen LogP contribution in [-0.4, -0.2) is 19.7 Å². The average Bonchev–Trinajstić information content (AvgIpc) is 2.43. The van der Waals surface area contributed by atoms with Crippen molar-refractivity contribution in [3.8, 4) is 5.75 Å². The van der Waals surface area contributed by atoms with Crippen LogP contribution in [0.5, 0.6) is 5.75 Å². The Morgan fingerprint density at radius 1 is 1.16 bits per heavy atom. The van der Waals surface area contributed by atoms with Crippen LogP contribution in [0.25, 0.3) is 0 Å². The van der Waals surface area contributed by atoms with Crippen molar-refractivity contribution in [1.82, 2.24) is 5.32 Å². The highest BCUT2D eigenvalue weighted by molar-refractivity contribution is 5.37. The molecule has 0 fully saturated rings. The molecular weight excluding hydrogens is 234 g/mol. The van der Waals surface area contributed by atoms with Crippen molar-refractivity contribution in [2.24, 2.45) is 5.41 Å². The molecule has 0 aliphatic heterocycles. The van der Waals surface area contributed by atoms with Crippen molar-refractivity contribution in [3.05, 3.63) is 29.3 Å². The van der Waals surface area contributed by atoms with Crippen LogP contribution in [0.3, 0.4) is 0 Å². The molecule has 0 saturated heterocycles. The summed E-state index contributed by atoms with van der Waals surface area (Å²) in [5.41, 5.74) is 3.19. The molecule has 0 bridgehead atoms. The predicted octanol–water partition coefficient (Wildman–Crippen LogP) is 3.58. The fraction of sp³-hybridized carbons (Fsp3) is 0.647. The number of benzene rings is 1. The molecule has 1 aromatic carbocycles. The van der Waals surface area contributed by atoms with Gasteiger partial charge in [-0.25, -0.2) is 0 Å². The van der Waals surface area contributed by atoms with E-state index in [9.17, 15) is 0 Å². The molecule has 2 nitrogen and oxygen atoms in total. The van der Waals surface area contributed by atoms with Crippen LogP contribution in [0, 0.1) is 5.41 Å². The van der Waals surface area contributed by atoms with Crippen molar-refractivity contribution >= 4 is 0 Å². The molecule has 1 aliphatic carbocycles. The molecule has 0 amide bonds. The van der Waals surface area contributed by atoms with E-state index in [4.69, 9.17) is 4.74 Å². The molecule has 1 N–H and O–H groups in total. The minimum absolute atomic E-state index is 0.173. The number of aryl methyl sites for hydroxylation is 2. The van der Waals surface area contributed by atoms with E-state index in [2.05, 4.69) is 44.3 Å². The summed E-state index contributed by atoms with van der Waals surface area (Å²) in [5.74, 6) is 1.03. The fourth-order valence-corrected chi connectivity index (χ4v) is 2.59. The summed E-state index contributed by atoms with van der Waals surface area (Å²) in [4.78, 5) is 0. The third-order valence-electron chi connectivity index (χ3n) is 3.80. The van der Waals surface area contributed by atoms with Crippen LogP contribution < -0.4 is 10.1 Å². The van der Waals surface area contributed by atoms with Crippen LogP contribution in [0.4, 0.5) is 0 Å². The van der Waals surface area contributed by atoms with Crippen LogP contribution in [0.1, 0.15) is 44.7 Å². The zero-order chi connectivity index (χ0) is 13.7. The zero-order valence-corrected chi connectivity index (χ0v) is 12.6. The number of fused-ring (bicyclic) bond motifs is 1. The van der Waals surface area contributed by atoms with Crippen LogP contribution in [0.15, 0.2) is 18.2 Å². The monoisotopic (exact) mass is 261 g/mol. The van der Waals surface area contributed by atoms with E-state index < -0.39 is 0 Å². The highest BCUT2D eigenvalue weighted by Gasteiger charge is 2.18. The van der Waals surface area contributed by atoms with Crippen molar-refractivity contribution in [1.29, 1.82) is 0 Å². The van der Waals surface area contributed by atoms with Crippen molar-refractivity contribution in [2.45, 2.75) is 46.5 Å². The third-order valence-corrected chi connectivity index (χ3v) is 3.80. The minimum atomic E-state index is 0.173. The van der Waals surface area contributed by atoms with Crippen LogP contribution in [0.2, 0.25) is 0 Å². The summed E-state index contributed by atoms with van der Waals surface area (Å²) < 4.78 is 5.99. The Labute approximate surface area is 117 Å². The summed E-state index contributed by atoms with van der Waals surface area (Å²) in [6, 6.07) is 6.63. The van der Waals surface area contributed by atoms with Gasteiger partial charge in [0.1, 0.15) is 5.75 Å². The maximum Gasteiger partial charge on any atom is 0.119 e. The molecule has 0 aromatic heterocycles. The van der Waals surface area contributed by atoms with E-state index in [1.54, 1.807) is 0 Å². The second-order valence-electron chi connectivity index (χ2n) is 6.37. The first kappa shape index (κ1) is 14.4. The van der Waals surface area contributed by atoms with E-state index in [-0.39, 0.29) is 5.41 Å². The van der Waals surface area contributed by atoms with Gasteiger partial charge in [0.25, 0.3) is 0 Å². The number of hydrogen-bond donors (Lipinski definition) is 1. The number of rotatable bonds is 6. The summed E-state index contributed by atoms with van der Waals surface area (Å²) >= 11 is 0. The minimum Gasteiger partial charge on any atom is -0.493 e. The highest BCUT2D eigenvalue weighted by Crippen LogP contribution is 2.26.